The van der Waals surface area contributed by atoms with Gasteiger partial charge in [-0.05, 0) is 62.3 Å². The summed E-state index contributed by atoms with van der Waals surface area (Å²) in [6.07, 6.45) is 1.51. The summed E-state index contributed by atoms with van der Waals surface area (Å²) < 4.78 is 5.40. The minimum absolute atomic E-state index is 0.0120. The van der Waals surface area contributed by atoms with Gasteiger partial charge in [-0.15, -0.1) is 0 Å². The first-order valence-corrected chi connectivity index (χ1v) is 10.8. The molecular formula is C23H24ClN5O3. The highest BCUT2D eigenvalue weighted by Gasteiger charge is 2.26. The second kappa shape index (κ2) is 9.93. The van der Waals surface area contributed by atoms with Crippen molar-refractivity contribution in [3.63, 3.8) is 0 Å². The quantitative estimate of drug-likeness (QED) is 0.580. The van der Waals surface area contributed by atoms with Crippen LogP contribution in [-0.2, 0) is 16.1 Å². The van der Waals surface area contributed by atoms with Crippen molar-refractivity contribution in [1.82, 2.24) is 15.0 Å². The average molecular weight is 454 g/mol. The zero-order valence-electron chi connectivity index (χ0n) is 17.7. The van der Waals surface area contributed by atoms with E-state index in [0.29, 0.717) is 34.7 Å². The van der Waals surface area contributed by atoms with Crippen LogP contribution in [0, 0.1) is 5.92 Å². The van der Waals surface area contributed by atoms with Gasteiger partial charge in [0.25, 0.3) is 0 Å². The lowest BCUT2D eigenvalue weighted by molar-refractivity contribution is -0.121. The standard InChI is InChI=1S/C23H24ClN5O3/c1-15(30)25-19-5-7-20(8-6-19)26-23(31)16-9-11-29(12-10-16)14-21-27-22(28-32-21)17-3-2-4-18(24)13-17/h2-8,13,16H,9-12,14H2,1H3,(H,25,30)(H,26,31). The van der Waals surface area contributed by atoms with Crippen LogP contribution in [-0.4, -0.2) is 39.9 Å². The second-order valence-corrected chi connectivity index (χ2v) is 8.26. The Morgan fingerprint density at radius 1 is 1.09 bits per heavy atom. The molecule has 0 saturated carbocycles. The highest BCUT2D eigenvalue weighted by atomic mass is 35.5. The van der Waals surface area contributed by atoms with Crippen LogP contribution in [0.3, 0.4) is 0 Å². The van der Waals surface area contributed by atoms with Crippen LogP contribution in [0.25, 0.3) is 11.4 Å². The first kappa shape index (κ1) is 22.0. The van der Waals surface area contributed by atoms with E-state index in [1.54, 1.807) is 36.4 Å². The fourth-order valence-electron chi connectivity index (χ4n) is 3.69. The molecule has 1 aliphatic rings. The van der Waals surface area contributed by atoms with Crippen molar-refractivity contribution in [2.24, 2.45) is 5.92 Å². The summed E-state index contributed by atoms with van der Waals surface area (Å²) in [4.78, 5) is 30.4. The van der Waals surface area contributed by atoms with Gasteiger partial charge in [0, 0.05) is 34.8 Å². The Bertz CT molecular complexity index is 1090. The average Bonchev–Trinajstić information content (AvgIpc) is 3.24. The Kier molecular flexibility index (Phi) is 6.82. The van der Waals surface area contributed by atoms with E-state index in [1.165, 1.54) is 6.92 Å². The van der Waals surface area contributed by atoms with Gasteiger partial charge in [-0.2, -0.15) is 4.98 Å². The van der Waals surface area contributed by atoms with E-state index >= 15 is 0 Å². The smallest absolute Gasteiger partial charge is 0.241 e. The SMILES string of the molecule is CC(=O)Nc1ccc(NC(=O)C2CCN(Cc3nc(-c4cccc(Cl)c4)no3)CC2)cc1. The maximum atomic E-state index is 12.6. The van der Waals surface area contributed by atoms with Gasteiger partial charge in [0.1, 0.15) is 0 Å². The van der Waals surface area contributed by atoms with Crippen LogP contribution >= 0.6 is 11.6 Å². The molecule has 1 aromatic heterocycles. The molecule has 1 aliphatic heterocycles. The maximum absolute atomic E-state index is 12.6. The van der Waals surface area contributed by atoms with Gasteiger partial charge in [-0.25, -0.2) is 0 Å². The number of likely N-dealkylation sites (tertiary alicyclic amines) is 1. The lowest BCUT2D eigenvalue weighted by atomic mass is 9.96. The number of carbonyl (C=O) groups is 2. The van der Waals surface area contributed by atoms with Crippen LogP contribution in [0.4, 0.5) is 11.4 Å². The van der Waals surface area contributed by atoms with Gasteiger partial charge in [0.2, 0.25) is 23.5 Å². The molecule has 0 atom stereocenters. The van der Waals surface area contributed by atoms with E-state index in [9.17, 15) is 9.59 Å². The molecule has 2 N–H and O–H groups in total. The van der Waals surface area contributed by atoms with E-state index in [0.717, 1.165) is 31.5 Å². The number of aromatic nitrogens is 2. The molecule has 3 aromatic rings. The molecule has 1 fully saturated rings. The second-order valence-electron chi connectivity index (χ2n) is 7.82. The topological polar surface area (TPSA) is 100 Å². The predicted octanol–water partition coefficient (Wildman–Crippen LogP) is 4.20. The molecule has 2 heterocycles. The Hall–Kier alpha value is -3.23. The van der Waals surface area contributed by atoms with Crippen molar-refractivity contribution in [3.05, 3.63) is 59.4 Å². The van der Waals surface area contributed by atoms with E-state index < -0.39 is 0 Å². The van der Waals surface area contributed by atoms with Gasteiger partial charge >= 0.3 is 0 Å². The summed E-state index contributed by atoms with van der Waals surface area (Å²) in [6.45, 7) is 3.55. The highest BCUT2D eigenvalue weighted by molar-refractivity contribution is 6.30. The van der Waals surface area contributed by atoms with Crippen LogP contribution in [0.15, 0.2) is 53.1 Å². The number of piperidine rings is 1. The Balaban J connectivity index is 1.26. The summed E-state index contributed by atoms with van der Waals surface area (Å²) in [6, 6.07) is 14.4. The van der Waals surface area contributed by atoms with E-state index in [2.05, 4.69) is 25.7 Å². The van der Waals surface area contributed by atoms with Gasteiger partial charge in [0.05, 0.1) is 6.54 Å². The zero-order valence-corrected chi connectivity index (χ0v) is 18.4. The Morgan fingerprint density at radius 3 is 2.44 bits per heavy atom. The minimum Gasteiger partial charge on any atom is -0.338 e. The fraction of sp³-hybridized carbons (Fsp3) is 0.304. The molecule has 2 amide bonds. The molecule has 0 unspecified atom stereocenters. The van der Waals surface area contributed by atoms with Crippen molar-refractivity contribution < 1.29 is 14.1 Å². The van der Waals surface area contributed by atoms with Crippen molar-refractivity contribution >= 4 is 34.8 Å². The van der Waals surface area contributed by atoms with Crippen molar-refractivity contribution in [3.8, 4) is 11.4 Å². The number of hydrogen-bond acceptors (Lipinski definition) is 6. The summed E-state index contributed by atoms with van der Waals surface area (Å²) in [7, 11) is 0. The third kappa shape index (κ3) is 5.72. The molecule has 8 nitrogen and oxygen atoms in total. The van der Waals surface area contributed by atoms with Crippen molar-refractivity contribution in [2.45, 2.75) is 26.3 Å². The van der Waals surface area contributed by atoms with Crippen LogP contribution < -0.4 is 10.6 Å². The number of anilines is 2. The van der Waals surface area contributed by atoms with Crippen LogP contribution in [0.1, 0.15) is 25.7 Å². The Labute approximate surface area is 190 Å². The molecule has 0 aliphatic carbocycles. The van der Waals surface area contributed by atoms with E-state index in [-0.39, 0.29) is 17.7 Å². The molecular weight excluding hydrogens is 430 g/mol. The number of hydrogen-bond donors (Lipinski definition) is 2. The van der Waals surface area contributed by atoms with Gasteiger partial charge in [-0.1, -0.05) is 28.9 Å². The molecule has 1 saturated heterocycles. The molecule has 0 spiro atoms. The van der Waals surface area contributed by atoms with Gasteiger partial charge < -0.3 is 15.2 Å². The summed E-state index contributed by atoms with van der Waals surface area (Å²) >= 11 is 6.03. The first-order valence-electron chi connectivity index (χ1n) is 10.5. The largest absolute Gasteiger partial charge is 0.338 e. The van der Waals surface area contributed by atoms with E-state index in [4.69, 9.17) is 16.1 Å². The molecule has 0 radical (unpaired) electrons. The number of rotatable bonds is 6. The van der Waals surface area contributed by atoms with Gasteiger partial charge in [-0.3, -0.25) is 14.5 Å². The normalized spacial score (nSPS) is 14.8. The predicted molar refractivity (Wildman–Crippen MR) is 122 cm³/mol. The lowest BCUT2D eigenvalue weighted by Gasteiger charge is -2.30. The first-order chi connectivity index (χ1) is 15.5. The van der Waals surface area contributed by atoms with Crippen molar-refractivity contribution in [2.75, 3.05) is 23.7 Å². The van der Waals surface area contributed by atoms with Crippen molar-refractivity contribution in [1.29, 1.82) is 0 Å². The molecule has 166 valence electrons. The summed E-state index contributed by atoms with van der Waals surface area (Å²) in [5.41, 5.74) is 2.22. The molecule has 0 bridgehead atoms. The molecule has 4 rings (SSSR count). The maximum Gasteiger partial charge on any atom is 0.241 e. The molecule has 32 heavy (non-hydrogen) atoms. The van der Waals surface area contributed by atoms with E-state index in [1.807, 2.05) is 12.1 Å². The monoisotopic (exact) mass is 453 g/mol. The number of amides is 2. The fourth-order valence-corrected chi connectivity index (χ4v) is 3.88. The summed E-state index contributed by atoms with van der Waals surface area (Å²) in [5, 5.41) is 10.3. The number of halogens is 1. The number of carbonyl (C=O) groups excluding carboxylic acids is 2. The number of nitrogens with one attached hydrogen (secondary N) is 2. The third-order valence-corrected chi connectivity index (χ3v) is 5.58. The number of nitrogens with zero attached hydrogens (tertiary/aromatic N) is 3. The van der Waals surface area contributed by atoms with Crippen LogP contribution in [0.5, 0.6) is 0 Å². The molecule has 2 aromatic carbocycles. The lowest BCUT2D eigenvalue weighted by Crippen LogP contribution is -2.37. The Morgan fingerprint density at radius 2 is 1.78 bits per heavy atom. The third-order valence-electron chi connectivity index (χ3n) is 5.34. The van der Waals surface area contributed by atoms with Crippen LogP contribution in [0.2, 0.25) is 5.02 Å². The summed E-state index contributed by atoms with van der Waals surface area (Å²) in [5.74, 6) is 0.891. The highest BCUT2D eigenvalue weighted by Crippen LogP contribution is 2.23. The minimum atomic E-state index is -0.130. The molecule has 9 heteroatoms. The number of benzene rings is 2. The van der Waals surface area contributed by atoms with Gasteiger partial charge in [0.15, 0.2) is 0 Å². The zero-order chi connectivity index (χ0) is 22.5.